The van der Waals surface area contributed by atoms with Crippen LogP contribution in [0, 0.1) is 16.7 Å². The Morgan fingerprint density at radius 2 is 1.50 bits per heavy atom. The van der Waals surface area contributed by atoms with E-state index in [1.807, 2.05) is 0 Å². The highest BCUT2D eigenvalue weighted by atomic mass is 14.4. The van der Waals surface area contributed by atoms with Gasteiger partial charge in [0, 0.05) is 0 Å². The van der Waals surface area contributed by atoms with Gasteiger partial charge in [-0.2, -0.15) is 5.26 Å². The fourth-order valence-corrected chi connectivity index (χ4v) is 4.52. The van der Waals surface area contributed by atoms with Crippen LogP contribution in [0.25, 0.3) is 0 Å². The van der Waals surface area contributed by atoms with Crippen LogP contribution in [0.15, 0.2) is 24.3 Å². The number of nitriles is 1. The van der Waals surface area contributed by atoms with Gasteiger partial charge in [-0.15, -0.1) is 0 Å². The Morgan fingerprint density at radius 1 is 0.885 bits per heavy atom. The van der Waals surface area contributed by atoms with Crippen molar-refractivity contribution in [3.63, 3.8) is 0 Å². The zero-order valence-electron chi connectivity index (χ0n) is 17.2. The summed E-state index contributed by atoms with van der Waals surface area (Å²) in [6.45, 7) is 4.52. The van der Waals surface area contributed by atoms with E-state index in [0.29, 0.717) is 5.92 Å². The van der Waals surface area contributed by atoms with Crippen LogP contribution in [0.4, 0.5) is 0 Å². The highest BCUT2D eigenvalue weighted by Crippen LogP contribution is 2.45. The predicted molar refractivity (Wildman–Crippen MR) is 112 cm³/mol. The van der Waals surface area contributed by atoms with Gasteiger partial charge < -0.3 is 0 Å². The highest BCUT2D eigenvalue weighted by Gasteiger charge is 2.35. The Hall–Kier alpha value is -1.29. The molecule has 0 heterocycles. The van der Waals surface area contributed by atoms with Gasteiger partial charge in [0.25, 0.3) is 0 Å². The number of rotatable bonds is 11. The summed E-state index contributed by atoms with van der Waals surface area (Å²) in [5, 5.41) is 9.79. The van der Waals surface area contributed by atoms with Crippen molar-refractivity contribution in [2.75, 3.05) is 0 Å². The molecule has 1 aromatic carbocycles. The molecule has 0 radical (unpaired) electrons. The third-order valence-electron chi connectivity index (χ3n) is 6.46. The molecule has 1 heteroatoms. The van der Waals surface area contributed by atoms with Crippen LogP contribution < -0.4 is 0 Å². The molecular formula is C25H39N. The zero-order valence-corrected chi connectivity index (χ0v) is 17.2. The number of hydrogen-bond acceptors (Lipinski definition) is 1. The fraction of sp³-hybridized carbons (Fsp3) is 0.720. The first kappa shape index (κ1) is 21.0. The molecular weight excluding hydrogens is 314 g/mol. The lowest BCUT2D eigenvalue weighted by molar-refractivity contribution is 0.223. The van der Waals surface area contributed by atoms with Crippen molar-refractivity contribution in [3.05, 3.63) is 35.4 Å². The SMILES string of the molecule is CCCCCCC[C@]1(C#N)CC[C@H](c2ccc(CCCCC)cc2)CC1. The van der Waals surface area contributed by atoms with E-state index < -0.39 is 0 Å². The molecule has 2 rings (SSSR count). The van der Waals surface area contributed by atoms with Gasteiger partial charge in [-0.25, -0.2) is 0 Å². The van der Waals surface area contributed by atoms with Crippen molar-refractivity contribution in [1.29, 1.82) is 5.26 Å². The largest absolute Gasteiger partial charge is 0.198 e. The average molecular weight is 354 g/mol. The molecule has 0 atom stereocenters. The number of benzene rings is 1. The molecule has 26 heavy (non-hydrogen) atoms. The van der Waals surface area contributed by atoms with E-state index in [4.69, 9.17) is 0 Å². The van der Waals surface area contributed by atoms with Crippen molar-refractivity contribution in [3.8, 4) is 6.07 Å². The summed E-state index contributed by atoms with van der Waals surface area (Å²) in [4.78, 5) is 0. The maximum atomic E-state index is 9.79. The Bertz CT molecular complexity index is 528. The second-order valence-electron chi connectivity index (χ2n) is 8.53. The van der Waals surface area contributed by atoms with E-state index in [2.05, 4.69) is 44.2 Å². The third kappa shape index (κ3) is 6.46. The molecule has 144 valence electrons. The molecule has 0 aliphatic heterocycles. The topological polar surface area (TPSA) is 23.8 Å². The van der Waals surface area contributed by atoms with Crippen LogP contribution in [-0.2, 0) is 6.42 Å². The molecule has 1 aliphatic rings. The summed E-state index contributed by atoms with van der Waals surface area (Å²) in [6, 6.07) is 12.1. The number of aryl methyl sites for hydroxylation is 1. The first-order valence-corrected chi connectivity index (χ1v) is 11.2. The summed E-state index contributed by atoms with van der Waals surface area (Å²) < 4.78 is 0. The van der Waals surface area contributed by atoms with Crippen molar-refractivity contribution < 1.29 is 0 Å². The number of unbranched alkanes of at least 4 members (excludes halogenated alkanes) is 6. The fourth-order valence-electron chi connectivity index (χ4n) is 4.52. The molecule has 0 bridgehead atoms. The van der Waals surface area contributed by atoms with Gasteiger partial charge in [0.15, 0.2) is 0 Å². The van der Waals surface area contributed by atoms with E-state index in [0.717, 1.165) is 19.3 Å². The minimum atomic E-state index is -0.0250. The van der Waals surface area contributed by atoms with Gasteiger partial charge in [0.05, 0.1) is 11.5 Å². The molecule has 1 fully saturated rings. The van der Waals surface area contributed by atoms with E-state index in [1.54, 1.807) is 0 Å². The minimum absolute atomic E-state index is 0.0250. The van der Waals surface area contributed by atoms with E-state index >= 15 is 0 Å². The van der Waals surface area contributed by atoms with Gasteiger partial charge >= 0.3 is 0 Å². The quantitative estimate of drug-likeness (QED) is 0.370. The Morgan fingerprint density at radius 3 is 2.12 bits per heavy atom. The van der Waals surface area contributed by atoms with Gasteiger partial charge in [-0.05, 0) is 62.0 Å². The first-order chi connectivity index (χ1) is 12.7. The lowest BCUT2D eigenvalue weighted by Crippen LogP contribution is -2.25. The van der Waals surface area contributed by atoms with Gasteiger partial charge in [0.1, 0.15) is 0 Å². The molecule has 0 spiro atoms. The standard InChI is InChI=1S/C25H39N/c1-3-5-7-8-10-18-25(21-26)19-16-24(17-20-25)23-14-12-22(13-15-23)11-9-6-4-2/h12-15,24H,3-11,16-20H2,1-2H3/t24-,25-. The smallest absolute Gasteiger partial charge is 0.0689 e. The summed E-state index contributed by atoms with van der Waals surface area (Å²) in [6.07, 6.45) is 17.4. The predicted octanol–water partition coefficient (Wildman–Crippen LogP) is 7.95. The van der Waals surface area contributed by atoms with E-state index in [9.17, 15) is 5.26 Å². The molecule has 0 saturated heterocycles. The molecule has 1 aromatic rings. The maximum absolute atomic E-state index is 9.79. The summed E-state index contributed by atoms with van der Waals surface area (Å²) in [5.41, 5.74) is 2.96. The summed E-state index contributed by atoms with van der Waals surface area (Å²) >= 11 is 0. The summed E-state index contributed by atoms with van der Waals surface area (Å²) in [7, 11) is 0. The van der Waals surface area contributed by atoms with E-state index in [1.165, 1.54) is 81.8 Å². The second kappa shape index (κ2) is 11.4. The molecule has 1 aliphatic carbocycles. The molecule has 1 saturated carbocycles. The van der Waals surface area contributed by atoms with Crippen LogP contribution in [0.3, 0.4) is 0 Å². The lowest BCUT2D eigenvalue weighted by atomic mass is 9.67. The average Bonchev–Trinajstić information content (AvgIpc) is 2.69. The zero-order chi connectivity index (χ0) is 18.7. The highest BCUT2D eigenvalue weighted by molar-refractivity contribution is 5.26. The molecule has 0 amide bonds. The minimum Gasteiger partial charge on any atom is -0.198 e. The molecule has 0 N–H and O–H groups in total. The normalized spacial score (nSPS) is 22.9. The Kier molecular flexibility index (Phi) is 9.24. The van der Waals surface area contributed by atoms with Crippen LogP contribution >= 0.6 is 0 Å². The van der Waals surface area contributed by atoms with Crippen molar-refractivity contribution >= 4 is 0 Å². The lowest BCUT2D eigenvalue weighted by Gasteiger charge is -2.35. The van der Waals surface area contributed by atoms with Crippen LogP contribution in [0.2, 0.25) is 0 Å². The monoisotopic (exact) mass is 353 g/mol. The molecule has 0 aromatic heterocycles. The van der Waals surface area contributed by atoms with Gasteiger partial charge in [0.2, 0.25) is 0 Å². The Balaban J connectivity index is 1.79. The van der Waals surface area contributed by atoms with E-state index in [-0.39, 0.29) is 5.41 Å². The van der Waals surface area contributed by atoms with Crippen LogP contribution in [0.1, 0.15) is 114 Å². The van der Waals surface area contributed by atoms with Crippen molar-refractivity contribution in [1.82, 2.24) is 0 Å². The molecule has 0 unspecified atom stereocenters. The number of nitrogens with zero attached hydrogens (tertiary/aromatic N) is 1. The number of hydrogen-bond donors (Lipinski definition) is 0. The van der Waals surface area contributed by atoms with Crippen molar-refractivity contribution in [2.45, 2.75) is 110 Å². The maximum Gasteiger partial charge on any atom is 0.0689 e. The van der Waals surface area contributed by atoms with Gasteiger partial charge in [-0.3, -0.25) is 0 Å². The molecule has 1 nitrogen and oxygen atoms in total. The van der Waals surface area contributed by atoms with Crippen LogP contribution in [-0.4, -0.2) is 0 Å². The van der Waals surface area contributed by atoms with Crippen LogP contribution in [0.5, 0.6) is 0 Å². The third-order valence-corrected chi connectivity index (χ3v) is 6.46. The Labute approximate surface area is 162 Å². The first-order valence-electron chi connectivity index (χ1n) is 11.2. The van der Waals surface area contributed by atoms with Gasteiger partial charge in [-0.1, -0.05) is 83.1 Å². The van der Waals surface area contributed by atoms with Crippen molar-refractivity contribution in [2.24, 2.45) is 5.41 Å². The summed E-state index contributed by atoms with van der Waals surface area (Å²) in [5.74, 6) is 0.668. The second-order valence-corrected chi connectivity index (χ2v) is 8.53.